The van der Waals surface area contributed by atoms with E-state index in [0.29, 0.717) is 11.3 Å². The zero-order valence-electron chi connectivity index (χ0n) is 13.8. The van der Waals surface area contributed by atoms with E-state index in [1.807, 2.05) is 20.8 Å². The normalized spacial score (nSPS) is 28.2. The summed E-state index contributed by atoms with van der Waals surface area (Å²) in [4.78, 5) is 24.2. The van der Waals surface area contributed by atoms with E-state index in [2.05, 4.69) is 5.32 Å². The van der Waals surface area contributed by atoms with Gasteiger partial charge in [-0.15, -0.1) is 0 Å². The molecule has 2 rings (SSSR count). The molecule has 6 nitrogen and oxygen atoms in total. The summed E-state index contributed by atoms with van der Waals surface area (Å²) in [6.07, 6.45) is -0.263. The molecule has 5 atom stereocenters. The number of carbonyl (C=O) groups is 2. The number of ether oxygens (including phenoxy) is 2. The number of benzene rings is 1. The topological polar surface area (TPSA) is 84.9 Å². The molecular weight excluding hydrogens is 298 g/mol. The zero-order valence-corrected chi connectivity index (χ0v) is 13.8. The lowest BCUT2D eigenvalue weighted by molar-refractivity contribution is -0.143. The Bertz CT molecular complexity index is 588. The van der Waals surface area contributed by atoms with Gasteiger partial charge < -0.3 is 19.9 Å². The molecule has 4 unspecified atom stereocenters. The van der Waals surface area contributed by atoms with Crippen molar-refractivity contribution in [3.8, 4) is 5.75 Å². The van der Waals surface area contributed by atoms with Crippen molar-refractivity contribution >= 4 is 11.9 Å². The van der Waals surface area contributed by atoms with Gasteiger partial charge in [0, 0.05) is 0 Å². The summed E-state index contributed by atoms with van der Waals surface area (Å²) >= 11 is 0. The van der Waals surface area contributed by atoms with Crippen LogP contribution >= 0.6 is 0 Å². The van der Waals surface area contributed by atoms with Gasteiger partial charge >= 0.3 is 5.97 Å². The van der Waals surface area contributed by atoms with Crippen LogP contribution in [0.15, 0.2) is 24.3 Å². The van der Waals surface area contributed by atoms with Gasteiger partial charge in [0.1, 0.15) is 5.75 Å². The van der Waals surface area contributed by atoms with Gasteiger partial charge in [-0.2, -0.15) is 0 Å². The number of aliphatic carboxylic acids is 1. The average molecular weight is 321 g/mol. The van der Waals surface area contributed by atoms with Crippen molar-refractivity contribution < 1.29 is 24.2 Å². The van der Waals surface area contributed by atoms with Gasteiger partial charge in [0.2, 0.25) is 5.91 Å². The highest BCUT2D eigenvalue weighted by Gasteiger charge is 2.42. The standard InChI is InChI=1S/C17H23NO5/c1-9-10(2)23-11(3)14(9)16(19)18-15(17(20)21)12-6-5-7-13(8-12)22-4/h5-11,14-15H,1-4H3,(H,18,19)(H,20,21)/t9?,10?,11?,14?,15-/m0/s1. The van der Waals surface area contributed by atoms with Crippen LogP contribution in [0.4, 0.5) is 0 Å². The Kier molecular flexibility index (Phi) is 5.26. The van der Waals surface area contributed by atoms with Gasteiger partial charge in [0.15, 0.2) is 6.04 Å². The molecule has 0 saturated carbocycles. The third-order valence-corrected chi connectivity index (χ3v) is 4.51. The van der Waals surface area contributed by atoms with E-state index in [-0.39, 0.29) is 30.0 Å². The largest absolute Gasteiger partial charge is 0.497 e. The summed E-state index contributed by atoms with van der Waals surface area (Å²) in [5.41, 5.74) is 0.470. The predicted molar refractivity (Wildman–Crippen MR) is 84.2 cm³/mol. The Morgan fingerprint density at radius 2 is 1.96 bits per heavy atom. The van der Waals surface area contributed by atoms with Crippen molar-refractivity contribution in [1.29, 1.82) is 0 Å². The lowest BCUT2D eigenvalue weighted by Crippen LogP contribution is -2.41. The molecule has 126 valence electrons. The SMILES string of the molecule is COc1cccc([C@H](NC(=O)C2C(C)OC(C)C2C)C(=O)O)c1. The van der Waals surface area contributed by atoms with Crippen LogP contribution in [0.3, 0.4) is 0 Å². The van der Waals surface area contributed by atoms with Crippen molar-refractivity contribution in [2.75, 3.05) is 7.11 Å². The molecule has 23 heavy (non-hydrogen) atoms. The second kappa shape index (κ2) is 7.00. The van der Waals surface area contributed by atoms with Gasteiger partial charge in [0.25, 0.3) is 0 Å². The van der Waals surface area contributed by atoms with Crippen LogP contribution in [-0.2, 0) is 14.3 Å². The molecule has 1 heterocycles. The maximum Gasteiger partial charge on any atom is 0.330 e. The molecular formula is C17H23NO5. The summed E-state index contributed by atoms with van der Waals surface area (Å²) in [7, 11) is 1.51. The highest BCUT2D eigenvalue weighted by atomic mass is 16.5. The maximum absolute atomic E-state index is 12.6. The molecule has 1 fully saturated rings. The quantitative estimate of drug-likeness (QED) is 0.866. The number of amides is 1. The third-order valence-electron chi connectivity index (χ3n) is 4.51. The monoisotopic (exact) mass is 321 g/mol. The molecule has 6 heteroatoms. The lowest BCUT2D eigenvalue weighted by Gasteiger charge is -2.22. The van der Waals surface area contributed by atoms with Gasteiger partial charge in [-0.3, -0.25) is 4.79 Å². The van der Waals surface area contributed by atoms with Gasteiger partial charge in [-0.05, 0) is 37.5 Å². The molecule has 1 amide bonds. The van der Waals surface area contributed by atoms with Gasteiger partial charge in [-0.25, -0.2) is 4.79 Å². The van der Waals surface area contributed by atoms with E-state index in [1.54, 1.807) is 24.3 Å². The molecule has 0 radical (unpaired) electrons. The van der Waals surface area contributed by atoms with Crippen LogP contribution in [0.2, 0.25) is 0 Å². The van der Waals surface area contributed by atoms with Crippen molar-refractivity contribution in [2.24, 2.45) is 11.8 Å². The summed E-state index contributed by atoms with van der Waals surface area (Å²) in [6.45, 7) is 5.70. The van der Waals surface area contributed by atoms with Crippen LogP contribution in [-0.4, -0.2) is 36.3 Å². The first-order valence-corrected chi connectivity index (χ1v) is 7.67. The van der Waals surface area contributed by atoms with E-state index in [1.165, 1.54) is 7.11 Å². The first-order valence-electron chi connectivity index (χ1n) is 7.67. The Morgan fingerprint density at radius 1 is 1.26 bits per heavy atom. The molecule has 1 aromatic rings. The molecule has 0 spiro atoms. The minimum Gasteiger partial charge on any atom is -0.497 e. The average Bonchev–Trinajstić information content (AvgIpc) is 2.77. The Hall–Kier alpha value is -2.08. The van der Waals surface area contributed by atoms with Crippen molar-refractivity contribution in [1.82, 2.24) is 5.32 Å². The Labute approximate surface area is 135 Å². The molecule has 0 aromatic heterocycles. The second-order valence-electron chi connectivity index (χ2n) is 5.99. The van der Waals surface area contributed by atoms with Crippen LogP contribution in [0.5, 0.6) is 5.75 Å². The zero-order chi connectivity index (χ0) is 17.1. The van der Waals surface area contributed by atoms with Crippen LogP contribution < -0.4 is 10.1 Å². The highest BCUT2D eigenvalue weighted by Crippen LogP contribution is 2.33. The molecule has 0 bridgehead atoms. The molecule has 1 aliphatic rings. The fourth-order valence-electron chi connectivity index (χ4n) is 3.07. The fraction of sp³-hybridized carbons (Fsp3) is 0.529. The fourth-order valence-corrected chi connectivity index (χ4v) is 3.07. The number of methoxy groups -OCH3 is 1. The smallest absolute Gasteiger partial charge is 0.330 e. The maximum atomic E-state index is 12.6. The number of carbonyl (C=O) groups excluding carboxylic acids is 1. The lowest BCUT2D eigenvalue weighted by atomic mass is 9.88. The van der Waals surface area contributed by atoms with E-state index in [9.17, 15) is 14.7 Å². The number of hydrogen-bond donors (Lipinski definition) is 2. The molecule has 2 N–H and O–H groups in total. The molecule has 1 aliphatic heterocycles. The predicted octanol–water partition coefficient (Wildman–Crippen LogP) is 2.00. The van der Waals surface area contributed by atoms with E-state index in [4.69, 9.17) is 9.47 Å². The first kappa shape index (κ1) is 17.3. The van der Waals surface area contributed by atoms with Crippen LogP contribution in [0.25, 0.3) is 0 Å². The summed E-state index contributed by atoms with van der Waals surface area (Å²) in [6, 6.07) is 5.57. The summed E-state index contributed by atoms with van der Waals surface area (Å²) in [5, 5.41) is 12.1. The number of hydrogen-bond acceptors (Lipinski definition) is 4. The Morgan fingerprint density at radius 3 is 2.48 bits per heavy atom. The number of rotatable bonds is 5. The highest BCUT2D eigenvalue weighted by molar-refractivity contribution is 5.86. The number of carboxylic acid groups (broad SMARTS) is 1. The number of nitrogens with one attached hydrogen (secondary N) is 1. The van der Waals surface area contributed by atoms with Crippen molar-refractivity contribution in [2.45, 2.75) is 39.0 Å². The number of carboxylic acids is 1. The molecule has 1 saturated heterocycles. The van der Waals surface area contributed by atoms with Gasteiger partial charge in [0.05, 0.1) is 25.2 Å². The van der Waals surface area contributed by atoms with Crippen LogP contribution in [0.1, 0.15) is 32.4 Å². The Balaban J connectivity index is 2.19. The van der Waals surface area contributed by atoms with Gasteiger partial charge in [-0.1, -0.05) is 19.1 Å². The minimum absolute atomic E-state index is 0.0270. The van der Waals surface area contributed by atoms with E-state index >= 15 is 0 Å². The summed E-state index contributed by atoms with van der Waals surface area (Å²) in [5.74, 6) is -1.20. The molecule has 0 aliphatic carbocycles. The second-order valence-corrected chi connectivity index (χ2v) is 5.99. The van der Waals surface area contributed by atoms with E-state index in [0.717, 1.165) is 0 Å². The molecule has 1 aromatic carbocycles. The van der Waals surface area contributed by atoms with Crippen molar-refractivity contribution in [3.05, 3.63) is 29.8 Å². The van der Waals surface area contributed by atoms with Crippen molar-refractivity contribution in [3.63, 3.8) is 0 Å². The van der Waals surface area contributed by atoms with E-state index < -0.39 is 12.0 Å². The summed E-state index contributed by atoms with van der Waals surface area (Å²) < 4.78 is 10.8. The minimum atomic E-state index is -1.12. The van der Waals surface area contributed by atoms with Crippen LogP contribution in [0, 0.1) is 11.8 Å². The first-order chi connectivity index (χ1) is 10.8. The third kappa shape index (κ3) is 3.64.